The van der Waals surface area contributed by atoms with E-state index in [1.165, 1.54) is 11.1 Å². The van der Waals surface area contributed by atoms with Gasteiger partial charge in [-0.1, -0.05) is 19.1 Å². The maximum Gasteiger partial charge on any atom is 0.131 e. The molecule has 0 amide bonds. The second-order valence-electron chi connectivity index (χ2n) is 4.65. The second kappa shape index (κ2) is 4.77. The summed E-state index contributed by atoms with van der Waals surface area (Å²) in [5.74, 6) is 1.38. The van der Waals surface area contributed by atoms with Gasteiger partial charge in [-0.3, -0.25) is 0 Å². The summed E-state index contributed by atoms with van der Waals surface area (Å²) in [6.07, 6.45) is 0.794. The van der Waals surface area contributed by atoms with Gasteiger partial charge in [-0.15, -0.1) is 0 Å². The van der Waals surface area contributed by atoms with Crippen LogP contribution in [0, 0.1) is 20.8 Å². The van der Waals surface area contributed by atoms with Crippen LogP contribution in [0.5, 0.6) is 0 Å². The summed E-state index contributed by atoms with van der Waals surface area (Å²) >= 11 is 0. The van der Waals surface area contributed by atoms with E-state index in [2.05, 4.69) is 42.0 Å². The quantitative estimate of drug-likeness (QED) is 0.878. The molecule has 0 radical (unpaired) electrons. The highest BCUT2D eigenvalue weighted by Gasteiger charge is 2.10. The normalized spacial score (nSPS) is 10.7. The standard InChI is InChI=1S/C15H19N3/c1-5-13-17-14(11(4)15(16)18-13)12-7-6-9(2)10(3)8-12/h6-8H,5H2,1-4H3,(H2,16,17,18). The van der Waals surface area contributed by atoms with Crippen molar-refractivity contribution in [2.45, 2.75) is 34.1 Å². The molecule has 0 unspecified atom stereocenters. The lowest BCUT2D eigenvalue weighted by molar-refractivity contribution is 0.940. The van der Waals surface area contributed by atoms with Gasteiger partial charge in [0, 0.05) is 17.5 Å². The van der Waals surface area contributed by atoms with Gasteiger partial charge in [-0.2, -0.15) is 0 Å². The molecule has 0 aliphatic heterocycles. The Morgan fingerprint density at radius 2 is 1.78 bits per heavy atom. The predicted molar refractivity (Wildman–Crippen MR) is 75.5 cm³/mol. The first-order valence-electron chi connectivity index (χ1n) is 6.23. The number of hydrogen-bond donors (Lipinski definition) is 1. The molecule has 1 aromatic heterocycles. The minimum atomic E-state index is 0.579. The van der Waals surface area contributed by atoms with E-state index in [9.17, 15) is 0 Å². The van der Waals surface area contributed by atoms with Crippen molar-refractivity contribution in [2.75, 3.05) is 5.73 Å². The van der Waals surface area contributed by atoms with Crippen LogP contribution >= 0.6 is 0 Å². The monoisotopic (exact) mass is 241 g/mol. The van der Waals surface area contributed by atoms with Gasteiger partial charge in [0.15, 0.2) is 0 Å². The fourth-order valence-corrected chi connectivity index (χ4v) is 1.91. The lowest BCUT2D eigenvalue weighted by Gasteiger charge is -2.11. The van der Waals surface area contributed by atoms with Crippen LogP contribution in [0.4, 0.5) is 5.82 Å². The van der Waals surface area contributed by atoms with E-state index in [4.69, 9.17) is 5.73 Å². The molecule has 2 N–H and O–H groups in total. The molecule has 0 bridgehead atoms. The van der Waals surface area contributed by atoms with Crippen molar-refractivity contribution < 1.29 is 0 Å². The van der Waals surface area contributed by atoms with E-state index in [-0.39, 0.29) is 0 Å². The Morgan fingerprint density at radius 1 is 1.06 bits per heavy atom. The Hall–Kier alpha value is -1.90. The second-order valence-corrected chi connectivity index (χ2v) is 4.65. The zero-order chi connectivity index (χ0) is 13.3. The molecule has 18 heavy (non-hydrogen) atoms. The third-order valence-electron chi connectivity index (χ3n) is 3.33. The first kappa shape index (κ1) is 12.6. The molecule has 94 valence electrons. The average Bonchev–Trinajstić information content (AvgIpc) is 2.36. The molecule has 3 heteroatoms. The molecule has 0 saturated carbocycles. The van der Waals surface area contributed by atoms with Gasteiger partial charge >= 0.3 is 0 Å². The van der Waals surface area contributed by atoms with Crippen LogP contribution in [0.15, 0.2) is 18.2 Å². The summed E-state index contributed by atoms with van der Waals surface area (Å²) in [6.45, 7) is 8.23. The van der Waals surface area contributed by atoms with E-state index < -0.39 is 0 Å². The number of rotatable bonds is 2. The lowest BCUT2D eigenvalue weighted by Crippen LogP contribution is -2.04. The van der Waals surface area contributed by atoms with Crippen LogP contribution in [0.25, 0.3) is 11.3 Å². The first-order chi connectivity index (χ1) is 8.52. The molecule has 0 spiro atoms. The molecule has 3 nitrogen and oxygen atoms in total. The molecule has 2 rings (SSSR count). The minimum Gasteiger partial charge on any atom is -0.383 e. The summed E-state index contributed by atoms with van der Waals surface area (Å²) in [6, 6.07) is 6.37. The number of nitrogen functional groups attached to an aromatic ring is 1. The van der Waals surface area contributed by atoms with Crippen molar-refractivity contribution in [1.82, 2.24) is 9.97 Å². The summed E-state index contributed by atoms with van der Waals surface area (Å²) in [5, 5.41) is 0. The molecule has 0 atom stereocenters. The molecule has 1 heterocycles. The van der Waals surface area contributed by atoms with E-state index in [0.29, 0.717) is 5.82 Å². The Kier molecular flexibility index (Phi) is 3.32. The first-order valence-corrected chi connectivity index (χ1v) is 6.23. The topological polar surface area (TPSA) is 51.8 Å². The number of aryl methyl sites for hydroxylation is 3. The number of aromatic nitrogens is 2. The third kappa shape index (κ3) is 2.21. The Balaban J connectivity index is 2.62. The van der Waals surface area contributed by atoms with Gasteiger partial charge in [-0.25, -0.2) is 9.97 Å². The fraction of sp³-hybridized carbons (Fsp3) is 0.333. The van der Waals surface area contributed by atoms with E-state index >= 15 is 0 Å². The van der Waals surface area contributed by atoms with Crippen molar-refractivity contribution in [3.05, 3.63) is 40.7 Å². The van der Waals surface area contributed by atoms with Crippen LogP contribution in [0.1, 0.15) is 29.4 Å². The van der Waals surface area contributed by atoms with E-state index in [1.54, 1.807) is 0 Å². The molecular formula is C15H19N3. The van der Waals surface area contributed by atoms with E-state index in [0.717, 1.165) is 29.1 Å². The van der Waals surface area contributed by atoms with Crippen LogP contribution in [-0.4, -0.2) is 9.97 Å². The number of hydrogen-bond acceptors (Lipinski definition) is 3. The molecule has 2 aromatic rings. The van der Waals surface area contributed by atoms with Crippen molar-refractivity contribution in [1.29, 1.82) is 0 Å². The van der Waals surface area contributed by atoms with Crippen LogP contribution < -0.4 is 5.73 Å². The number of anilines is 1. The van der Waals surface area contributed by atoms with Crippen molar-refractivity contribution in [2.24, 2.45) is 0 Å². The summed E-state index contributed by atoms with van der Waals surface area (Å²) in [7, 11) is 0. The minimum absolute atomic E-state index is 0.579. The maximum atomic E-state index is 5.95. The Morgan fingerprint density at radius 3 is 2.39 bits per heavy atom. The summed E-state index contributed by atoms with van der Waals surface area (Å²) in [4.78, 5) is 8.89. The molecular weight excluding hydrogens is 222 g/mol. The largest absolute Gasteiger partial charge is 0.383 e. The number of nitrogens with two attached hydrogens (primary N) is 1. The van der Waals surface area contributed by atoms with Gasteiger partial charge in [0.1, 0.15) is 11.6 Å². The fourth-order valence-electron chi connectivity index (χ4n) is 1.91. The molecule has 0 aliphatic rings. The van der Waals surface area contributed by atoms with Gasteiger partial charge < -0.3 is 5.73 Å². The molecule has 0 saturated heterocycles. The highest BCUT2D eigenvalue weighted by Crippen LogP contribution is 2.26. The highest BCUT2D eigenvalue weighted by atomic mass is 15.0. The zero-order valence-electron chi connectivity index (χ0n) is 11.4. The predicted octanol–water partition coefficient (Wildman–Crippen LogP) is 3.21. The van der Waals surface area contributed by atoms with Gasteiger partial charge in [0.25, 0.3) is 0 Å². The summed E-state index contributed by atoms with van der Waals surface area (Å²) in [5.41, 5.74) is 11.5. The number of benzene rings is 1. The molecule has 0 aliphatic carbocycles. The number of nitrogens with zero attached hydrogens (tertiary/aromatic N) is 2. The third-order valence-corrected chi connectivity index (χ3v) is 3.33. The maximum absolute atomic E-state index is 5.95. The zero-order valence-corrected chi connectivity index (χ0v) is 11.4. The van der Waals surface area contributed by atoms with Crippen molar-refractivity contribution >= 4 is 5.82 Å². The smallest absolute Gasteiger partial charge is 0.131 e. The SMILES string of the molecule is CCc1nc(N)c(C)c(-c2ccc(C)c(C)c2)n1. The highest BCUT2D eigenvalue weighted by molar-refractivity contribution is 5.68. The van der Waals surface area contributed by atoms with Crippen LogP contribution in [-0.2, 0) is 6.42 Å². The van der Waals surface area contributed by atoms with E-state index in [1.807, 2.05) is 13.8 Å². The van der Waals surface area contributed by atoms with Crippen molar-refractivity contribution in [3.8, 4) is 11.3 Å². The van der Waals surface area contributed by atoms with Crippen molar-refractivity contribution in [3.63, 3.8) is 0 Å². The van der Waals surface area contributed by atoms with Gasteiger partial charge in [-0.05, 0) is 38.0 Å². The average molecular weight is 241 g/mol. The summed E-state index contributed by atoms with van der Waals surface area (Å²) < 4.78 is 0. The van der Waals surface area contributed by atoms with Crippen LogP contribution in [0.3, 0.4) is 0 Å². The Labute approximate surface area is 108 Å². The van der Waals surface area contributed by atoms with Gasteiger partial charge in [0.2, 0.25) is 0 Å². The van der Waals surface area contributed by atoms with Crippen LogP contribution in [0.2, 0.25) is 0 Å². The van der Waals surface area contributed by atoms with Gasteiger partial charge in [0.05, 0.1) is 5.69 Å². The Bertz CT molecular complexity index is 589. The molecule has 0 fully saturated rings. The lowest BCUT2D eigenvalue weighted by atomic mass is 10.0. The molecule has 1 aromatic carbocycles.